The van der Waals surface area contributed by atoms with Gasteiger partial charge in [0.15, 0.2) is 0 Å². The van der Waals surface area contributed by atoms with Gasteiger partial charge in [-0.1, -0.05) is 37.9 Å². The Balaban J connectivity index is 1.83. The molecule has 1 unspecified atom stereocenters. The second kappa shape index (κ2) is 2.03. The van der Waals surface area contributed by atoms with E-state index in [0.29, 0.717) is 5.82 Å². The first-order valence-electron chi connectivity index (χ1n) is 4.13. The molecule has 2 atom stereocenters. The third-order valence-corrected chi connectivity index (χ3v) is 3.14. The van der Waals surface area contributed by atoms with Gasteiger partial charge >= 0.3 is 0 Å². The minimum Gasteiger partial charge on any atom is -0.0743 e. The SMILES string of the molecule is [B]C1CC[C@H]1C1CCC1. The average Bonchev–Trinajstić information content (AvgIpc) is 1.74. The first-order chi connectivity index (χ1) is 4.38. The molecule has 2 rings (SSSR count). The van der Waals surface area contributed by atoms with E-state index in [-0.39, 0.29) is 0 Å². The molecule has 0 aliphatic heterocycles. The van der Waals surface area contributed by atoms with Crippen LogP contribution in [0, 0.1) is 11.8 Å². The Morgan fingerprint density at radius 2 is 1.78 bits per heavy atom. The van der Waals surface area contributed by atoms with Gasteiger partial charge in [-0.05, 0) is 11.8 Å². The van der Waals surface area contributed by atoms with E-state index in [9.17, 15) is 0 Å². The van der Waals surface area contributed by atoms with Gasteiger partial charge in [-0.15, -0.1) is 0 Å². The third kappa shape index (κ3) is 0.816. The van der Waals surface area contributed by atoms with Gasteiger partial charge in [0.25, 0.3) is 0 Å². The fourth-order valence-electron chi connectivity index (χ4n) is 2.00. The number of rotatable bonds is 1. The van der Waals surface area contributed by atoms with Gasteiger partial charge < -0.3 is 0 Å². The molecule has 0 amide bonds. The Kier molecular flexibility index (Phi) is 1.32. The van der Waals surface area contributed by atoms with Crippen molar-refractivity contribution in [3.63, 3.8) is 0 Å². The quantitative estimate of drug-likeness (QED) is 0.465. The first-order valence-corrected chi connectivity index (χ1v) is 4.13. The van der Waals surface area contributed by atoms with Gasteiger partial charge in [-0.25, -0.2) is 0 Å². The topological polar surface area (TPSA) is 0 Å². The highest BCUT2D eigenvalue weighted by atomic mass is 14.4. The number of hydrogen-bond acceptors (Lipinski definition) is 0. The molecule has 0 heterocycles. The van der Waals surface area contributed by atoms with E-state index in [4.69, 9.17) is 7.85 Å². The second-order valence-corrected chi connectivity index (χ2v) is 3.60. The molecule has 48 valence electrons. The molecular weight excluding hydrogens is 107 g/mol. The van der Waals surface area contributed by atoms with Crippen molar-refractivity contribution < 1.29 is 0 Å². The van der Waals surface area contributed by atoms with E-state index in [2.05, 4.69) is 0 Å². The normalized spacial score (nSPS) is 43.6. The van der Waals surface area contributed by atoms with Crippen LogP contribution in [0.4, 0.5) is 0 Å². The van der Waals surface area contributed by atoms with Crippen LogP contribution in [0.1, 0.15) is 32.1 Å². The second-order valence-electron chi connectivity index (χ2n) is 3.60. The highest BCUT2D eigenvalue weighted by Crippen LogP contribution is 2.49. The zero-order valence-corrected chi connectivity index (χ0v) is 5.84. The van der Waals surface area contributed by atoms with Crippen LogP contribution in [0.5, 0.6) is 0 Å². The smallest absolute Gasteiger partial charge is 0.0703 e. The van der Waals surface area contributed by atoms with Crippen LogP contribution in [0.2, 0.25) is 5.82 Å². The van der Waals surface area contributed by atoms with Crippen LogP contribution in [0.15, 0.2) is 0 Å². The highest BCUT2D eigenvalue weighted by molar-refractivity contribution is 6.12. The molecule has 0 nitrogen and oxygen atoms in total. The lowest BCUT2D eigenvalue weighted by molar-refractivity contribution is 0.131. The summed E-state index contributed by atoms with van der Waals surface area (Å²) >= 11 is 0. The van der Waals surface area contributed by atoms with Crippen LogP contribution in [-0.2, 0) is 0 Å². The minimum absolute atomic E-state index is 0.579. The highest BCUT2D eigenvalue weighted by Gasteiger charge is 2.35. The molecule has 1 heteroatoms. The summed E-state index contributed by atoms with van der Waals surface area (Å²) < 4.78 is 0. The van der Waals surface area contributed by atoms with Gasteiger partial charge in [0.05, 0.1) is 7.85 Å². The summed E-state index contributed by atoms with van der Waals surface area (Å²) in [6.45, 7) is 0. The Labute approximate surface area is 58.4 Å². The van der Waals surface area contributed by atoms with Crippen LogP contribution >= 0.6 is 0 Å². The van der Waals surface area contributed by atoms with Crippen LogP contribution in [0.3, 0.4) is 0 Å². The molecule has 0 aromatic rings. The first kappa shape index (κ1) is 5.82. The molecule has 2 radical (unpaired) electrons. The molecule has 0 N–H and O–H groups in total. The van der Waals surface area contributed by atoms with E-state index >= 15 is 0 Å². The monoisotopic (exact) mass is 120 g/mol. The molecule has 0 bridgehead atoms. The maximum Gasteiger partial charge on any atom is 0.0703 e. The lowest BCUT2D eigenvalue weighted by Gasteiger charge is -2.44. The average molecular weight is 120 g/mol. The Bertz CT molecular complexity index is 107. The summed E-state index contributed by atoms with van der Waals surface area (Å²) in [5.41, 5.74) is 0. The van der Waals surface area contributed by atoms with Crippen LogP contribution in [-0.4, -0.2) is 7.85 Å². The molecule has 2 saturated carbocycles. The lowest BCUT2D eigenvalue weighted by atomic mass is 9.54. The standard InChI is InChI=1S/C8H13B/c9-8-5-4-7(8)6-2-1-3-6/h6-8H,1-5H2/t7-,8?/m0/s1. The Morgan fingerprint density at radius 1 is 1.00 bits per heavy atom. The largest absolute Gasteiger partial charge is 0.0743 e. The van der Waals surface area contributed by atoms with E-state index in [0.717, 1.165) is 11.8 Å². The van der Waals surface area contributed by atoms with Gasteiger partial charge in [-0.3, -0.25) is 0 Å². The Hall–Kier alpha value is 0.0649. The number of hydrogen-bond donors (Lipinski definition) is 0. The molecule has 2 aliphatic rings. The minimum atomic E-state index is 0.579. The third-order valence-electron chi connectivity index (χ3n) is 3.14. The predicted octanol–water partition coefficient (Wildman–Crippen LogP) is 2.15. The van der Waals surface area contributed by atoms with Crippen molar-refractivity contribution in [3.05, 3.63) is 0 Å². The zero-order chi connectivity index (χ0) is 6.27. The van der Waals surface area contributed by atoms with Crippen molar-refractivity contribution in [1.29, 1.82) is 0 Å². The van der Waals surface area contributed by atoms with Gasteiger partial charge in [0.2, 0.25) is 0 Å². The van der Waals surface area contributed by atoms with E-state index in [1.54, 1.807) is 0 Å². The van der Waals surface area contributed by atoms with Crippen molar-refractivity contribution in [2.45, 2.75) is 37.9 Å². The Morgan fingerprint density at radius 3 is 1.89 bits per heavy atom. The summed E-state index contributed by atoms with van der Waals surface area (Å²) in [5, 5.41) is 0. The molecule has 0 saturated heterocycles. The van der Waals surface area contributed by atoms with Crippen molar-refractivity contribution in [2.24, 2.45) is 11.8 Å². The molecule has 0 aromatic heterocycles. The molecule has 0 aromatic carbocycles. The molecular formula is C8H13B. The van der Waals surface area contributed by atoms with Crippen LogP contribution < -0.4 is 0 Å². The molecule has 0 spiro atoms. The zero-order valence-electron chi connectivity index (χ0n) is 5.84. The summed E-state index contributed by atoms with van der Waals surface area (Å²) in [7, 11) is 5.83. The van der Waals surface area contributed by atoms with Crippen molar-refractivity contribution in [2.75, 3.05) is 0 Å². The van der Waals surface area contributed by atoms with Crippen molar-refractivity contribution in [3.8, 4) is 0 Å². The predicted molar refractivity (Wildman–Crippen MR) is 39.6 cm³/mol. The van der Waals surface area contributed by atoms with Gasteiger partial charge in [0, 0.05) is 0 Å². The van der Waals surface area contributed by atoms with Crippen LogP contribution in [0.25, 0.3) is 0 Å². The fourth-order valence-corrected chi connectivity index (χ4v) is 2.00. The van der Waals surface area contributed by atoms with Gasteiger partial charge in [-0.2, -0.15) is 0 Å². The van der Waals surface area contributed by atoms with E-state index < -0.39 is 0 Å². The summed E-state index contributed by atoms with van der Waals surface area (Å²) in [5.74, 6) is 2.54. The molecule has 2 fully saturated rings. The fraction of sp³-hybridized carbons (Fsp3) is 1.00. The summed E-state index contributed by atoms with van der Waals surface area (Å²) in [4.78, 5) is 0. The van der Waals surface area contributed by atoms with E-state index in [1.165, 1.54) is 32.1 Å². The van der Waals surface area contributed by atoms with Crippen molar-refractivity contribution >= 4 is 7.85 Å². The summed E-state index contributed by atoms with van der Waals surface area (Å²) in [6.07, 6.45) is 7.12. The maximum absolute atomic E-state index is 5.83. The molecule has 9 heavy (non-hydrogen) atoms. The van der Waals surface area contributed by atoms with Gasteiger partial charge in [0.1, 0.15) is 0 Å². The van der Waals surface area contributed by atoms with Crippen molar-refractivity contribution in [1.82, 2.24) is 0 Å². The molecule has 2 aliphatic carbocycles. The summed E-state index contributed by atoms with van der Waals surface area (Å²) in [6, 6.07) is 0. The van der Waals surface area contributed by atoms with E-state index in [1.807, 2.05) is 0 Å². The maximum atomic E-state index is 5.83. The lowest BCUT2D eigenvalue weighted by Crippen LogP contribution is -2.32.